The first-order valence-corrected chi connectivity index (χ1v) is 17.4. The Kier molecular flexibility index (Phi) is 9.31. The van der Waals surface area contributed by atoms with E-state index in [-0.39, 0.29) is 30.2 Å². The van der Waals surface area contributed by atoms with Crippen LogP contribution in [0, 0.1) is 5.92 Å². The molecule has 36 heavy (non-hydrogen) atoms. The fourth-order valence-electron chi connectivity index (χ4n) is 5.74. The van der Waals surface area contributed by atoms with Gasteiger partial charge in [-0.2, -0.15) is 0 Å². The average molecular weight is 576 g/mol. The molecule has 1 aliphatic carbocycles. The van der Waals surface area contributed by atoms with Crippen LogP contribution in [-0.2, 0) is 20.6 Å². The standard InChI is InChI=1S/C10H14O.C8H13Si.2C6H5.CH2.2ClH.Ti/c1-10(2,3)8-5-4-6-9(11)7-8;1-5-4-8(9)7(3)6(5)2;2*1-2-4-6-5-3-1;;;;/h4-7,11H,1-3H3;5H,1-3,9H3;2*1-5H;1H2;2*1H;/q;;;;;;;+1/p-1. The van der Waals surface area contributed by atoms with Crippen molar-refractivity contribution in [3.05, 3.63) is 111 Å². The van der Waals surface area contributed by atoms with Crippen LogP contribution in [0.1, 0.15) is 47.1 Å². The van der Waals surface area contributed by atoms with Gasteiger partial charge in [-0.05, 0) is 0 Å². The molecule has 0 radical (unpaired) electrons. The molecule has 3 aromatic carbocycles. The molecule has 0 bridgehead atoms. The fourth-order valence-corrected chi connectivity index (χ4v) is 17.9. The minimum absolute atomic E-state index is 0. The number of hydrogen-bond donors (Lipinski definition) is 0. The van der Waals surface area contributed by atoms with E-state index in [1.807, 2.05) is 0 Å². The maximum atomic E-state index is 7.54. The minimum atomic E-state index is -4.53. The molecule has 0 heterocycles. The van der Waals surface area contributed by atoms with Crippen LogP contribution in [0.5, 0.6) is 5.75 Å². The van der Waals surface area contributed by atoms with Crippen LogP contribution in [0.2, 0.25) is 0 Å². The molecule has 0 N–H and O–H groups in total. The van der Waals surface area contributed by atoms with Crippen molar-refractivity contribution in [2.24, 2.45) is 5.92 Å². The summed E-state index contributed by atoms with van der Waals surface area (Å²) in [4.78, 5) is 5.29. The van der Waals surface area contributed by atoms with Gasteiger partial charge in [0.2, 0.25) is 0 Å². The molecule has 5 heteroatoms. The van der Waals surface area contributed by atoms with Crippen molar-refractivity contribution in [3.63, 3.8) is 0 Å². The number of benzene rings is 3. The van der Waals surface area contributed by atoms with Gasteiger partial charge in [-0.3, -0.25) is 0 Å². The van der Waals surface area contributed by atoms with Gasteiger partial charge in [-0.15, -0.1) is 24.8 Å². The second kappa shape index (κ2) is 11.0. The van der Waals surface area contributed by atoms with Crippen molar-refractivity contribution in [2.45, 2.75) is 47.0 Å². The molecular formula is C31H40Cl2OSiTi. The van der Waals surface area contributed by atoms with Gasteiger partial charge in [-0.25, -0.2) is 0 Å². The number of halogens is 2. The summed E-state index contributed by atoms with van der Waals surface area (Å²) < 4.78 is 11.5. The van der Waals surface area contributed by atoms with Crippen molar-refractivity contribution in [1.82, 2.24) is 0 Å². The third-order valence-corrected chi connectivity index (χ3v) is 19.1. The molecule has 0 saturated heterocycles. The zero-order valence-electron chi connectivity index (χ0n) is 22.6. The van der Waals surface area contributed by atoms with Gasteiger partial charge in [0, 0.05) is 0 Å². The molecule has 0 saturated carbocycles. The zero-order chi connectivity index (χ0) is 24.7. The topological polar surface area (TPSA) is 9.23 Å². The monoisotopic (exact) mass is 574 g/mol. The molecule has 4 rings (SSSR count). The Morgan fingerprint density at radius 1 is 0.806 bits per heavy atom. The Hall–Kier alpha value is -1.68. The van der Waals surface area contributed by atoms with E-state index in [4.69, 9.17) is 8.14 Å². The third kappa shape index (κ3) is 4.91. The van der Waals surface area contributed by atoms with E-state index in [0.717, 1.165) is 16.0 Å². The first kappa shape index (κ1) is 30.5. The predicted molar refractivity (Wildman–Crippen MR) is 164 cm³/mol. The van der Waals surface area contributed by atoms with Gasteiger partial charge >= 0.3 is 211 Å². The second-order valence-corrected chi connectivity index (χ2v) is 19.2. The Labute approximate surface area is 234 Å². The molecule has 1 nitrogen and oxygen atoms in total. The quantitative estimate of drug-likeness (QED) is 0.318. The van der Waals surface area contributed by atoms with Crippen LogP contribution < -0.4 is 11.1 Å². The van der Waals surface area contributed by atoms with Gasteiger partial charge in [0.1, 0.15) is 0 Å². The Bertz CT molecular complexity index is 1310. The summed E-state index contributed by atoms with van der Waals surface area (Å²) >= 11 is -4.53. The molecule has 1 aliphatic rings. The van der Waals surface area contributed by atoms with E-state index < -0.39 is 15.2 Å². The van der Waals surface area contributed by atoms with E-state index in [9.17, 15) is 0 Å². The molecule has 0 fully saturated rings. The summed E-state index contributed by atoms with van der Waals surface area (Å²) in [5, 5.41) is 1.48. The van der Waals surface area contributed by atoms with Gasteiger partial charge in [-0.1, -0.05) is 0 Å². The molecular weight excluding hydrogens is 535 g/mol. The van der Waals surface area contributed by atoms with Crippen LogP contribution in [0.3, 0.4) is 0 Å². The van der Waals surface area contributed by atoms with Crippen molar-refractivity contribution in [3.8, 4) is 5.75 Å². The summed E-state index contributed by atoms with van der Waals surface area (Å²) in [5.74, 6) is 1.23. The molecule has 0 aliphatic heterocycles. The van der Waals surface area contributed by atoms with Crippen molar-refractivity contribution in [2.75, 3.05) is 0 Å². The summed E-state index contributed by atoms with van der Waals surface area (Å²) in [6.45, 7) is 13.7. The predicted octanol–water partition coefficient (Wildman–Crippen LogP) is 6.46. The van der Waals surface area contributed by atoms with E-state index >= 15 is 0 Å². The molecule has 1 atom stereocenters. The van der Waals surface area contributed by atoms with E-state index in [0.29, 0.717) is 5.92 Å². The molecule has 0 spiro atoms. The summed E-state index contributed by atoms with van der Waals surface area (Å²) in [7, 11) is 0.970. The normalized spacial score (nSPS) is 16.5. The molecule has 0 amide bonds. The van der Waals surface area contributed by atoms with Crippen LogP contribution in [0.4, 0.5) is 0 Å². The number of allylic oxidation sites excluding steroid dienone is 4. The van der Waals surface area contributed by atoms with Gasteiger partial charge in [0.25, 0.3) is 0 Å². The molecule has 192 valence electrons. The van der Waals surface area contributed by atoms with E-state index in [1.54, 1.807) is 0 Å². The van der Waals surface area contributed by atoms with Crippen molar-refractivity contribution < 1.29 is 18.5 Å². The average Bonchev–Trinajstić information content (AvgIpc) is 3.03. The molecule has 3 aromatic rings. The Morgan fingerprint density at radius 3 is 1.72 bits per heavy atom. The van der Waals surface area contributed by atoms with Crippen molar-refractivity contribution in [1.29, 1.82) is 0 Å². The summed E-state index contributed by atoms with van der Waals surface area (Å²) in [6, 6.07) is 30.4. The van der Waals surface area contributed by atoms with Gasteiger partial charge < -0.3 is 0 Å². The summed E-state index contributed by atoms with van der Waals surface area (Å²) in [5.41, 5.74) is 4.21. The second-order valence-electron chi connectivity index (χ2n) is 11.0. The third-order valence-electron chi connectivity index (χ3n) is 8.02. The van der Waals surface area contributed by atoms with Crippen LogP contribution in [-0.4, -0.2) is 15.1 Å². The van der Waals surface area contributed by atoms with Gasteiger partial charge in [0.15, 0.2) is 0 Å². The van der Waals surface area contributed by atoms with Crippen LogP contribution >= 0.6 is 24.8 Å². The number of rotatable bonds is 5. The first-order chi connectivity index (χ1) is 16.0. The first-order valence-electron chi connectivity index (χ1n) is 12.3. The fraction of sp³-hybridized carbons (Fsp3) is 0.258. The van der Waals surface area contributed by atoms with Gasteiger partial charge in [0.05, 0.1) is 0 Å². The summed E-state index contributed by atoms with van der Waals surface area (Å²) in [6.07, 6.45) is 0. The van der Waals surface area contributed by atoms with E-state index in [2.05, 4.69) is 126 Å². The Morgan fingerprint density at radius 2 is 1.31 bits per heavy atom. The van der Waals surface area contributed by atoms with E-state index in [1.165, 1.54) is 33.5 Å². The van der Waals surface area contributed by atoms with Crippen molar-refractivity contribution >= 4 is 47.6 Å². The Balaban J connectivity index is 0.00000228. The maximum absolute atomic E-state index is 7.54. The zero-order valence-corrected chi connectivity index (χ0v) is 27.8. The van der Waals surface area contributed by atoms with Crippen LogP contribution in [0.25, 0.3) is 0 Å². The SMILES string of the molecule is Cl.Cl.[CH2]=[Ti]([O]c1cccc(C(C)(C)C)c1)([C]1=C([SiH3])C(C)=C(C)C1C)([c]1ccccc1)[c]1ccccc1. The molecule has 1 unspecified atom stereocenters. The number of hydrogen-bond acceptors (Lipinski definition) is 1. The molecule has 0 aromatic heterocycles. The van der Waals surface area contributed by atoms with Crippen LogP contribution in [0.15, 0.2) is 105 Å².